The highest BCUT2D eigenvalue weighted by Crippen LogP contribution is 2.21. The van der Waals surface area contributed by atoms with Gasteiger partial charge in [0.15, 0.2) is 0 Å². The lowest BCUT2D eigenvalue weighted by Crippen LogP contribution is -2.32. The van der Waals surface area contributed by atoms with E-state index in [9.17, 15) is 4.79 Å². The number of rotatable bonds is 5. The Morgan fingerprint density at radius 3 is 2.95 bits per heavy atom. The minimum atomic E-state index is -0.169. The first kappa shape index (κ1) is 15.3. The smallest absolute Gasteiger partial charge is 0.256 e. The van der Waals surface area contributed by atoms with Crippen LogP contribution in [-0.2, 0) is 11.3 Å². The summed E-state index contributed by atoms with van der Waals surface area (Å²) < 4.78 is 7.19. The molecule has 1 aliphatic heterocycles. The molecule has 112 valence electrons. The number of nitrogens with one attached hydrogen (secondary N) is 1. The van der Waals surface area contributed by atoms with Crippen molar-refractivity contribution in [3.05, 3.63) is 16.4 Å². The van der Waals surface area contributed by atoms with Crippen LogP contribution in [0.2, 0.25) is 5.15 Å². The standard InChI is InChI=1S/C14H22ClN3O2/c1-9(2)8-18-13(15)12(10(3)17-18)14(19)16-7-11-5-4-6-20-11/h9,11H,4-8H2,1-3H3,(H,16,19)/t11-/m1/s1. The fraction of sp³-hybridized carbons (Fsp3) is 0.714. The molecule has 2 heterocycles. The Bertz CT molecular complexity index is 479. The van der Waals surface area contributed by atoms with E-state index >= 15 is 0 Å². The van der Waals surface area contributed by atoms with Crippen LogP contribution in [0.5, 0.6) is 0 Å². The Hall–Kier alpha value is -1.07. The molecule has 1 fully saturated rings. The van der Waals surface area contributed by atoms with E-state index in [1.165, 1.54) is 0 Å². The van der Waals surface area contributed by atoms with Gasteiger partial charge in [-0.05, 0) is 25.7 Å². The summed E-state index contributed by atoms with van der Waals surface area (Å²) in [6.45, 7) is 8.01. The topological polar surface area (TPSA) is 56.2 Å². The predicted octanol–water partition coefficient (Wildman–Crippen LogP) is 2.41. The number of aromatic nitrogens is 2. The van der Waals surface area contributed by atoms with Gasteiger partial charge in [0.25, 0.3) is 5.91 Å². The minimum Gasteiger partial charge on any atom is -0.376 e. The maximum atomic E-state index is 12.2. The lowest BCUT2D eigenvalue weighted by atomic mass is 10.2. The second-order valence-electron chi connectivity index (χ2n) is 5.67. The molecule has 0 aromatic carbocycles. The number of carbonyl (C=O) groups excluding carboxylic acids is 1. The van der Waals surface area contributed by atoms with Gasteiger partial charge in [-0.15, -0.1) is 0 Å². The molecule has 1 N–H and O–H groups in total. The molecule has 1 aliphatic rings. The number of halogens is 1. The Balaban J connectivity index is 2.03. The van der Waals surface area contributed by atoms with Crippen molar-refractivity contribution in [2.24, 2.45) is 5.92 Å². The second kappa shape index (κ2) is 6.59. The Kier molecular flexibility index (Phi) is 5.05. The van der Waals surface area contributed by atoms with Gasteiger partial charge in [-0.25, -0.2) is 0 Å². The van der Waals surface area contributed by atoms with Gasteiger partial charge in [0.1, 0.15) is 5.15 Å². The van der Waals surface area contributed by atoms with E-state index in [1.54, 1.807) is 4.68 Å². The summed E-state index contributed by atoms with van der Waals surface area (Å²) in [5.74, 6) is 0.257. The van der Waals surface area contributed by atoms with E-state index < -0.39 is 0 Å². The molecule has 1 amide bonds. The number of amides is 1. The molecule has 2 rings (SSSR count). The van der Waals surface area contributed by atoms with Crippen molar-refractivity contribution < 1.29 is 9.53 Å². The van der Waals surface area contributed by atoms with Gasteiger partial charge >= 0.3 is 0 Å². The molecule has 0 unspecified atom stereocenters. The second-order valence-corrected chi connectivity index (χ2v) is 6.03. The number of nitrogens with zero attached hydrogens (tertiary/aromatic N) is 2. The van der Waals surface area contributed by atoms with Crippen LogP contribution < -0.4 is 5.32 Å². The molecule has 1 aromatic heterocycles. The molecule has 0 radical (unpaired) electrons. The van der Waals surface area contributed by atoms with Crippen LogP contribution >= 0.6 is 11.6 Å². The van der Waals surface area contributed by atoms with Gasteiger partial charge in [-0.3, -0.25) is 9.48 Å². The molecule has 0 saturated carbocycles. The monoisotopic (exact) mass is 299 g/mol. The van der Waals surface area contributed by atoms with Crippen LogP contribution in [-0.4, -0.2) is 34.9 Å². The summed E-state index contributed by atoms with van der Waals surface area (Å²) in [5.41, 5.74) is 1.14. The van der Waals surface area contributed by atoms with E-state index in [1.807, 2.05) is 6.92 Å². The summed E-state index contributed by atoms with van der Waals surface area (Å²) >= 11 is 6.27. The van der Waals surface area contributed by atoms with Crippen molar-refractivity contribution in [2.45, 2.75) is 46.3 Å². The maximum Gasteiger partial charge on any atom is 0.256 e. The van der Waals surface area contributed by atoms with Crippen molar-refractivity contribution in [3.8, 4) is 0 Å². The first-order chi connectivity index (χ1) is 9.49. The quantitative estimate of drug-likeness (QED) is 0.908. The molecular formula is C14H22ClN3O2. The SMILES string of the molecule is Cc1nn(CC(C)C)c(Cl)c1C(=O)NC[C@H]1CCCO1. The fourth-order valence-corrected chi connectivity index (χ4v) is 2.71. The zero-order chi connectivity index (χ0) is 14.7. The normalized spacial score (nSPS) is 18.8. The van der Waals surface area contributed by atoms with Crippen LogP contribution in [0.1, 0.15) is 42.7 Å². The molecule has 1 aromatic rings. The van der Waals surface area contributed by atoms with Crippen LogP contribution in [0.4, 0.5) is 0 Å². The van der Waals surface area contributed by atoms with Crippen LogP contribution in [0.25, 0.3) is 0 Å². The zero-order valence-electron chi connectivity index (χ0n) is 12.3. The molecule has 0 spiro atoms. The molecule has 6 heteroatoms. The van der Waals surface area contributed by atoms with E-state index in [4.69, 9.17) is 16.3 Å². The summed E-state index contributed by atoms with van der Waals surface area (Å²) in [4.78, 5) is 12.2. The predicted molar refractivity (Wildman–Crippen MR) is 78.1 cm³/mol. The van der Waals surface area contributed by atoms with Gasteiger partial charge in [0.05, 0.1) is 17.4 Å². The summed E-state index contributed by atoms with van der Waals surface area (Å²) in [6, 6.07) is 0. The molecule has 0 aliphatic carbocycles. The van der Waals surface area contributed by atoms with Gasteiger partial charge in [-0.2, -0.15) is 5.10 Å². The highest BCUT2D eigenvalue weighted by molar-refractivity contribution is 6.33. The summed E-state index contributed by atoms with van der Waals surface area (Å²) in [5, 5.41) is 7.65. The fourth-order valence-electron chi connectivity index (χ4n) is 2.38. The number of hydrogen-bond acceptors (Lipinski definition) is 3. The molecule has 20 heavy (non-hydrogen) atoms. The Morgan fingerprint density at radius 1 is 1.60 bits per heavy atom. The van der Waals surface area contributed by atoms with E-state index in [-0.39, 0.29) is 12.0 Å². The Morgan fingerprint density at radius 2 is 2.35 bits per heavy atom. The Labute approximate surface area is 124 Å². The molecular weight excluding hydrogens is 278 g/mol. The zero-order valence-corrected chi connectivity index (χ0v) is 13.0. The van der Waals surface area contributed by atoms with E-state index in [0.29, 0.717) is 35.4 Å². The molecule has 0 bridgehead atoms. The first-order valence-corrected chi connectivity index (χ1v) is 7.49. The third-order valence-electron chi connectivity index (χ3n) is 3.34. The number of ether oxygens (including phenoxy) is 1. The molecule has 5 nitrogen and oxygen atoms in total. The van der Waals surface area contributed by atoms with Crippen molar-refractivity contribution in [1.29, 1.82) is 0 Å². The summed E-state index contributed by atoms with van der Waals surface area (Å²) in [6.07, 6.45) is 2.19. The largest absolute Gasteiger partial charge is 0.376 e. The highest BCUT2D eigenvalue weighted by atomic mass is 35.5. The van der Waals surface area contributed by atoms with Crippen molar-refractivity contribution >= 4 is 17.5 Å². The van der Waals surface area contributed by atoms with Crippen LogP contribution in [0, 0.1) is 12.8 Å². The number of aryl methyl sites for hydroxylation is 1. The van der Waals surface area contributed by atoms with Gasteiger partial charge in [0.2, 0.25) is 0 Å². The van der Waals surface area contributed by atoms with Crippen LogP contribution in [0.3, 0.4) is 0 Å². The van der Waals surface area contributed by atoms with Gasteiger partial charge in [0, 0.05) is 19.7 Å². The average Bonchev–Trinajstić information content (AvgIpc) is 2.96. The minimum absolute atomic E-state index is 0.128. The van der Waals surface area contributed by atoms with Crippen molar-refractivity contribution in [1.82, 2.24) is 15.1 Å². The lowest BCUT2D eigenvalue weighted by Gasteiger charge is -2.11. The van der Waals surface area contributed by atoms with Crippen molar-refractivity contribution in [2.75, 3.05) is 13.2 Å². The third kappa shape index (κ3) is 3.52. The molecule has 1 atom stereocenters. The van der Waals surface area contributed by atoms with E-state index in [2.05, 4.69) is 24.3 Å². The summed E-state index contributed by atoms with van der Waals surface area (Å²) in [7, 11) is 0. The third-order valence-corrected chi connectivity index (χ3v) is 3.73. The average molecular weight is 300 g/mol. The van der Waals surface area contributed by atoms with E-state index in [0.717, 1.165) is 19.4 Å². The van der Waals surface area contributed by atoms with Crippen molar-refractivity contribution in [3.63, 3.8) is 0 Å². The lowest BCUT2D eigenvalue weighted by molar-refractivity contribution is 0.0857. The highest BCUT2D eigenvalue weighted by Gasteiger charge is 2.22. The van der Waals surface area contributed by atoms with Gasteiger partial charge in [-0.1, -0.05) is 25.4 Å². The molecule has 1 saturated heterocycles. The maximum absolute atomic E-state index is 12.2. The first-order valence-electron chi connectivity index (χ1n) is 7.11. The number of carbonyl (C=O) groups is 1. The van der Waals surface area contributed by atoms with Gasteiger partial charge < -0.3 is 10.1 Å². The number of hydrogen-bond donors (Lipinski definition) is 1. The van der Waals surface area contributed by atoms with Crippen LogP contribution in [0.15, 0.2) is 0 Å².